The molecular weight excluding hydrogens is 188 g/mol. The summed E-state index contributed by atoms with van der Waals surface area (Å²) in [4.78, 5) is 14.9. The Hall–Kier alpha value is -1.12. The summed E-state index contributed by atoms with van der Waals surface area (Å²) in [5.41, 5.74) is 0.702. The van der Waals surface area contributed by atoms with Crippen LogP contribution in [0.4, 0.5) is 0 Å². The van der Waals surface area contributed by atoms with Crippen LogP contribution in [0, 0.1) is 5.92 Å². The lowest BCUT2D eigenvalue weighted by molar-refractivity contribution is 0.111. The normalized spacial score (nSPS) is 20.1. The van der Waals surface area contributed by atoms with Crippen molar-refractivity contribution in [3.8, 4) is 0 Å². The van der Waals surface area contributed by atoms with Crippen LogP contribution in [0.2, 0.25) is 0 Å². The van der Waals surface area contributed by atoms with Crippen LogP contribution in [0.1, 0.15) is 55.6 Å². The van der Waals surface area contributed by atoms with Gasteiger partial charge in [0.1, 0.15) is 5.69 Å². The van der Waals surface area contributed by atoms with Gasteiger partial charge in [0, 0.05) is 6.04 Å². The zero-order valence-corrected chi connectivity index (χ0v) is 9.22. The number of aldehydes is 1. The quantitative estimate of drug-likeness (QED) is 0.713. The van der Waals surface area contributed by atoms with Crippen LogP contribution >= 0.6 is 0 Å². The molecule has 15 heavy (non-hydrogen) atoms. The highest BCUT2D eigenvalue weighted by molar-refractivity contribution is 5.71. The number of carbonyl (C=O) groups excluding carboxylic acids is 1. The molecule has 0 aromatic carbocycles. The lowest BCUT2D eigenvalue weighted by atomic mass is 9.84. The molecule has 0 N–H and O–H groups in total. The van der Waals surface area contributed by atoms with Crippen molar-refractivity contribution in [2.24, 2.45) is 5.92 Å². The Bertz CT molecular complexity index is 326. The predicted molar refractivity (Wildman–Crippen MR) is 58.9 cm³/mol. The smallest absolute Gasteiger partial charge is 0.168 e. The van der Waals surface area contributed by atoms with Crippen molar-refractivity contribution in [3.63, 3.8) is 0 Å². The van der Waals surface area contributed by atoms with Crippen LogP contribution in [0.25, 0.3) is 0 Å². The molecule has 1 aliphatic rings. The zero-order chi connectivity index (χ0) is 10.7. The Labute approximate surface area is 90.5 Å². The van der Waals surface area contributed by atoms with Crippen molar-refractivity contribution in [3.05, 3.63) is 18.2 Å². The molecule has 0 bridgehead atoms. The minimum absolute atomic E-state index is 0.410. The van der Waals surface area contributed by atoms with E-state index in [0.717, 1.165) is 6.29 Å². The van der Waals surface area contributed by atoms with Gasteiger partial charge in [0.05, 0.1) is 12.5 Å². The van der Waals surface area contributed by atoms with Crippen LogP contribution in [-0.2, 0) is 0 Å². The van der Waals surface area contributed by atoms with E-state index in [2.05, 4.69) is 11.9 Å². The molecule has 0 amide bonds. The SMILES string of the molecule is CC(C1CCCCC1)n1cncc1C=O. The fourth-order valence-corrected chi connectivity index (χ4v) is 2.59. The van der Waals surface area contributed by atoms with Crippen molar-refractivity contribution in [2.45, 2.75) is 45.1 Å². The minimum atomic E-state index is 0.410. The van der Waals surface area contributed by atoms with Crippen LogP contribution in [0.3, 0.4) is 0 Å². The first kappa shape index (κ1) is 10.4. The van der Waals surface area contributed by atoms with Crippen LogP contribution in [-0.4, -0.2) is 15.8 Å². The van der Waals surface area contributed by atoms with E-state index in [1.165, 1.54) is 32.1 Å². The first-order valence-corrected chi connectivity index (χ1v) is 5.80. The van der Waals surface area contributed by atoms with Crippen molar-refractivity contribution >= 4 is 6.29 Å². The molecule has 2 rings (SSSR count). The van der Waals surface area contributed by atoms with Gasteiger partial charge in [-0.05, 0) is 25.7 Å². The van der Waals surface area contributed by atoms with Crippen molar-refractivity contribution in [2.75, 3.05) is 0 Å². The number of hydrogen-bond acceptors (Lipinski definition) is 2. The van der Waals surface area contributed by atoms with Crippen molar-refractivity contribution in [1.29, 1.82) is 0 Å². The van der Waals surface area contributed by atoms with Crippen molar-refractivity contribution in [1.82, 2.24) is 9.55 Å². The van der Waals surface area contributed by atoms with Gasteiger partial charge in [0.2, 0.25) is 0 Å². The van der Waals surface area contributed by atoms with E-state index < -0.39 is 0 Å². The van der Waals surface area contributed by atoms with E-state index in [0.29, 0.717) is 17.7 Å². The highest BCUT2D eigenvalue weighted by Gasteiger charge is 2.22. The van der Waals surface area contributed by atoms with Gasteiger partial charge < -0.3 is 4.57 Å². The number of carbonyl (C=O) groups is 1. The number of rotatable bonds is 3. The first-order valence-electron chi connectivity index (χ1n) is 5.80. The Morgan fingerprint density at radius 2 is 2.20 bits per heavy atom. The number of hydrogen-bond donors (Lipinski definition) is 0. The third-order valence-corrected chi connectivity index (χ3v) is 3.59. The third-order valence-electron chi connectivity index (χ3n) is 3.59. The number of nitrogens with zero attached hydrogens (tertiary/aromatic N) is 2. The molecular formula is C12H18N2O. The maximum Gasteiger partial charge on any atom is 0.168 e. The van der Waals surface area contributed by atoms with E-state index in [4.69, 9.17) is 0 Å². The van der Waals surface area contributed by atoms with Gasteiger partial charge in [-0.1, -0.05) is 19.3 Å². The van der Waals surface area contributed by atoms with E-state index in [1.807, 2.05) is 4.57 Å². The average molecular weight is 206 g/mol. The monoisotopic (exact) mass is 206 g/mol. The summed E-state index contributed by atoms with van der Waals surface area (Å²) in [5.74, 6) is 0.714. The van der Waals surface area contributed by atoms with Gasteiger partial charge in [-0.2, -0.15) is 0 Å². The van der Waals surface area contributed by atoms with Gasteiger partial charge >= 0.3 is 0 Å². The summed E-state index contributed by atoms with van der Waals surface area (Å²) in [7, 11) is 0. The third kappa shape index (κ3) is 2.11. The van der Waals surface area contributed by atoms with Gasteiger partial charge in [-0.15, -0.1) is 0 Å². The molecule has 3 nitrogen and oxygen atoms in total. The lowest BCUT2D eigenvalue weighted by Gasteiger charge is -2.28. The Kier molecular flexibility index (Phi) is 3.19. The molecule has 1 aromatic heterocycles. The molecule has 1 unspecified atom stereocenters. The molecule has 3 heteroatoms. The second-order valence-corrected chi connectivity index (χ2v) is 4.48. The van der Waals surface area contributed by atoms with Crippen LogP contribution in [0.5, 0.6) is 0 Å². The van der Waals surface area contributed by atoms with E-state index >= 15 is 0 Å². The van der Waals surface area contributed by atoms with Crippen LogP contribution < -0.4 is 0 Å². The van der Waals surface area contributed by atoms with E-state index in [9.17, 15) is 4.79 Å². The molecule has 0 saturated heterocycles. The Morgan fingerprint density at radius 3 is 2.87 bits per heavy atom. The molecule has 1 saturated carbocycles. The van der Waals surface area contributed by atoms with Crippen LogP contribution in [0.15, 0.2) is 12.5 Å². The zero-order valence-electron chi connectivity index (χ0n) is 9.22. The van der Waals surface area contributed by atoms with Gasteiger partial charge in [0.15, 0.2) is 6.29 Å². The summed E-state index contributed by atoms with van der Waals surface area (Å²) >= 11 is 0. The molecule has 0 radical (unpaired) electrons. The molecule has 1 heterocycles. The fourth-order valence-electron chi connectivity index (χ4n) is 2.59. The molecule has 1 atom stereocenters. The topological polar surface area (TPSA) is 34.9 Å². The van der Waals surface area contributed by atoms with Gasteiger partial charge in [-0.3, -0.25) is 4.79 Å². The largest absolute Gasteiger partial charge is 0.325 e. The summed E-state index contributed by atoms with van der Waals surface area (Å²) in [5, 5.41) is 0. The molecule has 0 aliphatic heterocycles. The lowest BCUT2D eigenvalue weighted by Crippen LogP contribution is -2.20. The minimum Gasteiger partial charge on any atom is -0.325 e. The molecule has 1 fully saturated rings. The predicted octanol–water partition coefficient (Wildman–Crippen LogP) is 2.84. The number of imidazole rings is 1. The highest BCUT2D eigenvalue weighted by Crippen LogP contribution is 2.32. The summed E-state index contributed by atoms with van der Waals surface area (Å²) < 4.78 is 2.02. The summed E-state index contributed by atoms with van der Waals surface area (Å²) in [6.45, 7) is 2.20. The van der Waals surface area contributed by atoms with Gasteiger partial charge in [0.25, 0.3) is 0 Å². The fraction of sp³-hybridized carbons (Fsp3) is 0.667. The standard InChI is InChI=1S/C12H18N2O/c1-10(11-5-3-2-4-6-11)14-9-13-7-12(14)8-15/h7-11H,2-6H2,1H3. The Morgan fingerprint density at radius 1 is 1.47 bits per heavy atom. The highest BCUT2D eigenvalue weighted by atomic mass is 16.1. The van der Waals surface area contributed by atoms with E-state index in [-0.39, 0.29) is 0 Å². The summed E-state index contributed by atoms with van der Waals surface area (Å²) in [6, 6.07) is 0.410. The Balaban J connectivity index is 2.11. The van der Waals surface area contributed by atoms with E-state index in [1.54, 1.807) is 12.5 Å². The molecule has 1 aliphatic carbocycles. The second-order valence-electron chi connectivity index (χ2n) is 4.48. The maximum atomic E-state index is 10.8. The number of aromatic nitrogens is 2. The first-order chi connectivity index (χ1) is 7.33. The maximum absolute atomic E-state index is 10.8. The average Bonchev–Trinajstić information content (AvgIpc) is 2.77. The molecule has 0 spiro atoms. The molecule has 1 aromatic rings. The van der Waals surface area contributed by atoms with Gasteiger partial charge in [-0.25, -0.2) is 4.98 Å². The second kappa shape index (κ2) is 4.60. The summed E-state index contributed by atoms with van der Waals surface area (Å²) in [6.07, 6.45) is 10.9. The van der Waals surface area contributed by atoms with Crippen molar-refractivity contribution < 1.29 is 4.79 Å². The molecule has 82 valence electrons.